The van der Waals surface area contributed by atoms with E-state index in [2.05, 4.69) is 15.9 Å². The predicted molar refractivity (Wildman–Crippen MR) is 61.1 cm³/mol. The van der Waals surface area contributed by atoms with Gasteiger partial charge in [0.1, 0.15) is 5.82 Å². The predicted octanol–water partition coefficient (Wildman–Crippen LogP) is 2.53. The van der Waals surface area contributed by atoms with Crippen LogP contribution in [0.4, 0.5) is 10.1 Å². The van der Waals surface area contributed by atoms with E-state index in [4.69, 9.17) is 0 Å². The van der Waals surface area contributed by atoms with Crippen LogP contribution in [0.3, 0.4) is 0 Å². The van der Waals surface area contributed by atoms with Gasteiger partial charge in [-0.05, 0) is 41.9 Å². The normalized spacial score (nSPS) is 14.9. The standard InChI is InChI=1S/C11H9BrFNO2/c1-5(2)14-8-4-6(13)3-7(12)9(8)10(15)11(14)16/h3-5H,1-2H3. The van der Waals surface area contributed by atoms with Gasteiger partial charge < -0.3 is 4.90 Å². The fourth-order valence-corrected chi connectivity index (χ4v) is 2.42. The van der Waals surface area contributed by atoms with Crippen molar-refractivity contribution in [1.82, 2.24) is 0 Å². The number of hydrogen-bond acceptors (Lipinski definition) is 2. The van der Waals surface area contributed by atoms with Crippen LogP contribution in [0.1, 0.15) is 24.2 Å². The summed E-state index contributed by atoms with van der Waals surface area (Å²) in [4.78, 5) is 24.7. The number of halogens is 2. The van der Waals surface area contributed by atoms with Gasteiger partial charge in [-0.25, -0.2) is 4.39 Å². The van der Waals surface area contributed by atoms with Crippen LogP contribution in [-0.2, 0) is 4.79 Å². The first-order chi connectivity index (χ1) is 7.43. The lowest BCUT2D eigenvalue weighted by atomic mass is 10.1. The van der Waals surface area contributed by atoms with Gasteiger partial charge >= 0.3 is 0 Å². The first-order valence-corrected chi connectivity index (χ1v) is 5.59. The van der Waals surface area contributed by atoms with Gasteiger partial charge in [0, 0.05) is 10.5 Å². The highest BCUT2D eigenvalue weighted by Gasteiger charge is 2.39. The number of fused-ring (bicyclic) bond motifs is 1. The van der Waals surface area contributed by atoms with Crippen molar-refractivity contribution in [2.24, 2.45) is 0 Å². The number of carbonyl (C=O) groups is 2. The third kappa shape index (κ3) is 1.46. The molecule has 5 heteroatoms. The average molecular weight is 286 g/mol. The Morgan fingerprint density at radius 3 is 2.50 bits per heavy atom. The lowest BCUT2D eigenvalue weighted by molar-refractivity contribution is -0.114. The first kappa shape index (κ1) is 11.3. The van der Waals surface area contributed by atoms with E-state index in [1.807, 2.05) is 0 Å². The summed E-state index contributed by atoms with van der Waals surface area (Å²) in [5.41, 5.74) is 0.594. The summed E-state index contributed by atoms with van der Waals surface area (Å²) in [6.45, 7) is 3.55. The Bertz CT molecular complexity index is 499. The third-order valence-electron chi connectivity index (χ3n) is 2.45. The van der Waals surface area contributed by atoms with Crippen molar-refractivity contribution in [2.45, 2.75) is 19.9 Å². The second-order valence-electron chi connectivity index (χ2n) is 3.88. The Kier molecular flexibility index (Phi) is 2.58. The van der Waals surface area contributed by atoms with Gasteiger partial charge in [0.05, 0.1) is 11.3 Å². The van der Waals surface area contributed by atoms with Crippen molar-refractivity contribution in [2.75, 3.05) is 4.90 Å². The number of nitrogens with zero attached hydrogens (tertiary/aromatic N) is 1. The molecule has 0 atom stereocenters. The lowest BCUT2D eigenvalue weighted by Crippen LogP contribution is -2.35. The molecule has 0 aromatic heterocycles. The molecular formula is C11H9BrFNO2. The zero-order chi connectivity index (χ0) is 12.0. The average Bonchev–Trinajstić information content (AvgIpc) is 2.38. The van der Waals surface area contributed by atoms with E-state index in [9.17, 15) is 14.0 Å². The maximum absolute atomic E-state index is 13.2. The molecule has 0 fully saturated rings. The van der Waals surface area contributed by atoms with Crippen LogP contribution >= 0.6 is 15.9 Å². The molecule has 16 heavy (non-hydrogen) atoms. The number of anilines is 1. The minimum absolute atomic E-state index is 0.175. The molecule has 0 saturated heterocycles. The molecule has 1 aromatic rings. The molecule has 84 valence electrons. The number of carbonyl (C=O) groups excluding carboxylic acids is 2. The van der Waals surface area contributed by atoms with Crippen molar-refractivity contribution in [3.63, 3.8) is 0 Å². The summed E-state index contributed by atoms with van der Waals surface area (Å²) in [5.74, 6) is -1.66. The molecule has 1 aliphatic heterocycles. The van der Waals surface area contributed by atoms with Gasteiger partial charge in [0.25, 0.3) is 11.7 Å². The highest BCUT2D eigenvalue weighted by Crippen LogP contribution is 2.36. The van der Waals surface area contributed by atoms with Gasteiger partial charge in [-0.3, -0.25) is 9.59 Å². The van der Waals surface area contributed by atoms with Gasteiger partial charge in [-0.2, -0.15) is 0 Å². The minimum Gasteiger partial charge on any atom is -0.302 e. The van der Waals surface area contributed by atoms with Gasteiger partial charge in [0.2, 0.25) is 0 Å². The quantitative estimate of drug-likeness (QED) is 0.744. The summed E-state index contributed by atoms with van der Waals surface area (Å²) >= 11 is 3.10. The molecule has 1 aromatic carbocycles. The molecule has 0 bridgehead atoms. The molecule has 3 nitrogen and oxygen atoms in total. The topological polar surface area (TPSA) is 37.4 Å². The summed E-state index contributed by atoms with van der Waals surface area (Å²) in [6.07, 6.45) is 0. The van der Waals surface area contributed by atoms with E-state index >= 15 is 0 Å². The van der Waals surface area contributed by atoms with Gasteiger partial charge in [0.15, 0.2) is 0 Å². The summed E-state index contributed by atoms with van der Waals surface area (Å²) < 4.78 is 13.6. The molecule has 0 unspecified atom stereocenters. The maximum atomic E-state index is 13.2. The Hall–Kier alpha value is -1.23. The Morgan fingerprint density at radius 1 is 1.31 bits per heavy atom. The van der Waals surface area contributed by atoms with Crippen molar-refractivity contribution in [3.8, 4) is 0 Å². The number of ketones is 1. The maximum Gasteiger partial charge on any atom is 0.299 e. The van der Waals surface area contributed by atoms with E-state index in [0.29, 0.717) is 10.2 Å². The Labute approximate surface area is 100 Å². The van der Waals surface area contributed by atoms with Crippen LogP contribution in [0.25, 0.3) is 0 Å². The van der Waals surface area contributed by atoms with Crippen LogP contribution in [0.15, 0.2) is 16.6 Å². The molecule has 1 amide bonds. The van der Waals surface area contributed by atoms with E-state index in [-0.39, 0.29) is 11.6 Å². The van der Waals surface area contributed by atoms with Crippen molar-refractivity contribution in [3.05, 3.63) is 28.0 Å². The van der Waals surface area contributed by atoms with Crippen LogP contribution in [0.5, 0.6) is 0 Å². The zero-order valence-electron chi connectivity index (χ0n) is 8.75. The molecule has 1 aliphatic rings. The summed E-state index contributed by atoms with van der Waals surface area (Å²) in [6, 6.07) is 2.22. The van der Waals surface area contributed by atoms with E-state index in [1.165, 1.54) is 17.0 Å². The lowest BCUT2D eigenvalue weighted by Gasteiger charge is -2.20. The summed E-state index contributed by atoms with van der Waals surface area (Å²) in [5, 5.41) is 0. The van der Waals surface area contributed by atoms with Gasteiger partial charge in [-0.1, -0.05) is 0 Å². The van der Waals surface area contributed by atoms with E-state index in [0.717, 1.165) is 0 Å². The SMILES string of the molecule is CC(C)N1C(=O)C(=O)c2c(Br)cc(F)cc21. The van der Waals surface area contributed by atoms with Crippen LogP contribution in [0.2, 0.25) is 0 Å². The number of hydrogen-bond donors (Lipinski definition) is 0. The van der Waals surface area contributed by atoms with Crippen molar-refractivity contribution >= 4 is 33.3 Å². The molecule has 0 spiro atoms. The van der Waals surface area contributed by atoms with Crippen molar-refractivity contribution < 1.29 is 14.0 Å². The largest absolute Gasteiger partial charge is 0.302 e. The molecular weight excluding hydrogens is 277 g/mol. The molecule has 1 heterocycles. The number of rotatable bonds is 1. The molecule has 0 aliphatic carbocycles. The van der Waals surface area contributed by atoms with Crippen LogP contribution < -0.4 is 4.90 Å². The van der Waals surface area contributed by atoms with E-state index < -0.39 is 17.5 Å². The number of amides is 1. The monoisotopic (exact) mass is 285 g/mol. The number of benzene rings is 1. The van der Waals surface area contributed by atoms with E-state index in [1.54, 1.807) is 13.8 Å². The molecule has 2 rings (SSSR count). The van der Waals surface area contributed by atoms with Crippen LogP contribution in [-0.4, -0.2) is 17.7 Å². The van der Waals surface area contributed by atoms with Gasteiger partial charge in [-0.15, -0.1) is 0 Å². The van der Waals surface area contributed by atoms with Crippen molar-refractivity contribution in [1.29, 1.82) is 0 Å². The number of Topliss-reactive ketones (excluding diaryl/α,β-unsaturated/α-hetero) is 1. The zero-order valence-corrected chi connectivity index (χ0v) is 10.3. The Morgan fingerprint density at radius 2 is 1.94 bits per heavy atom. The molecule has 0 radical (unpaired) electrons. The molecule has 0 saturated carbocycles. The second-order valence-corrected chi connectivity index (χ2v) is 4.73. The smallest absolute Gasteiger partial charge is 0.299 e. The summed E-state index contributed by atoms with van der Waals surface area (Å²) in [7, 11) is 0. The highest BCUT2D eigenvalue weighted by atomic mass is 79.9. The second kappa shape index (κ2) is 3.66. The fourth-order valence-electron chi connectivity index (χ4n) is 1.81. The van der Waals surface area contributed by atoms with Crippen LogP contribution in [0, 0.1) is 5.82 Å². The first-order valence-electron chi connectivity index (χ1n) is 4.80. The third-order valence-corrected chi connectivity index (χ3v) is 3.08. The Balaban J connectivity index is 2.70. The fraction of sp³-hybridized carbons (Fsp3) is 0.273. The highest BCUT2D eigenvalue weighted by molar-refractivity contribution is 9.10. The minimum atomic E-state index is -0.601. The molecule has 0 N–H and O–H groups in total.